The molecule has 0 unspecified atom stereocenters. The Kier molecular flexibility index (Phi) is 5.39. The maximum absolute atomic E-state index is 4.77. The highest BCUT2D eigenvalue weighted by Gasteiger charge is 2.15. The molecular weight excluding hydrogens is 402 g/mol. The van der Waals surface area contributed by atoms with Gasteiger partial charge in [-0.05, 0) is 51.4 Å². The summed E-state index contributed by atoms with van der Waals surface area (Å²) in [5.41, 5.74) is 8.16. The Morgan fingerprint density at radius 2 is 1.18 bits per heavy atom. The highest BCUT2D eigenvalue weighted by Crippen LogP contribution is 2.28. The van der Waals surface area contributed by atoms with Crippen molar-refractivity contribution in [1.29, 1.82) is 0 Å². The molecule has 5 rings (SSSR count). The van der Waals surface area contributed by atoms with Crippen LogP contribution in [0.25, 0.3) is 39.3 Å². The molecule has 162 valence electrons. The van der Waals surface area contributed by atoms with Gasteiger partial charge in [0.05, 0.1) is 5.69 Å². The summed E-state index contributed by atoms with van der Waals surface area (Å²) in [5.74, 6) is 0.735. The molecule has 0 saturated carbocycles. The third-order valence-corrected chi connectivity index (χ3v) is 5.91. The number of rotatable bonds is 4. The fraction of sp³-hybridized carbons (Fsp3) is 0.133. The second-order valence-corrected chi connectivity index (χ2v) is 9.34. The Bertz CT molecular complexity index is 1370. The third-order valence-electron chi connectivity index (χ3n) is 5.91. The van der Waals surface area contributed by atoms with E-state index >= 15 is 0 Å². The van der Waals surface area contributed by atoms with Gasteiger partial charge < -0.3 is 0 Å². The highest BCUT2D eigenvalue weighted by molar-refractivity contribution is 5.71. The average Bonchev–Trinajstić information content (AvgIpc) is 3.35. The highest BCUT2D eigenvalue weighted by atomic mass is 15.3. The van der Waals surface area contributed by atoms with Crippen LogP contribution in [0.5, 0.6) is 0 Å². The van der Waals surface area contributed by atoms with Gasteiger partial charge in [0.1, 0.15) is 6.33 Å². The minimum atomic E-state index is 0.0863. The molecule has 0 saturated heterocycles. The van der Waals surface area contributed by atoms with E-state index in [0.29, 0.717) is 0 Å². The second kappa shape index (κ2) is 8.51. The third kappa shape index (κ3) is 4.49. The summed E-state index contributed by atoms with van der Waals surface area (Å²) in [4.78, 5) is 4.59. The monoisotopic (exact) mass is 429 g/mol. The molecule has 4 aromatic carbocycles. The lowest BCUT2D eigenvalue weighted by Gasteiger charge is -2.19. The van der Waals surface area contributed by atoms with Gasteiger partial charge in [-0.15, -0.1) is 5.10 Å². The van der Waals surface area contributed by atoms with Crippen LogP contribution in [0.3, 0.4) is 0 Å². The predicted molar refractivity (Wildman–Crippen MR) is 136 cm³/mol. The quantitative estimate of drug-likeness (QED) is 0.295. The van der Waals surface area contributed by atoms with E-state index < -0.39 is 0 Å². The Hall–Kier alpha value is -3.98. The molecule has 1 heterocycles. The van der Waals surface area contributed by atoms with Gasteiger partial charge in [0.2, 0.25) is 0 Å². The largest absolute Gasteiger partial charge is 0.220 e. The number of nitrogens with zero attached hydrogens (tertiary/aromatic N) is 3. The van der Waals surface area contributed by atoms with E-state index in [1.807, 2.05) is 10.7 Å². The zero-order valence-electron chi connectivity index (χ0n) is 19.2. The van der Waals surface area contributed by atoms with Crippen LogP contribution in [-0.2, 0) is 5.41 Å². The van der Waals surface area contributed by atoms with Crippen LogP contribution >= 0.6 is 0 Å². The van der Waals surface area contributed by atoms with E-state index in [2.05, 4.69) is 123 Å². The van der Waals surface area contributed by atoms with Crippen molar-refractivity contribution in [2.45, 2.75) is 26.2 Å². The minimum absolute atomic E-state index is 0.0863. The summed E-state index contributed by atoms with van der Waals surface area (Å²) >= 11 is 0. The summed E-state index contributed by atoms with van der Waals surface area (Å²) in [5, 5.41) is 4.77. The molecule has 3 nitrogen and oxygen atoms in total. The first-order valence-electron chi connectivity index (χ1n) is 11.3. The fourth-order valence-electron chi connectivity index (χ4n) is 3.96. The lowest BCUT2D eigenvalue weighted by molar-refractivity contribution is 0.590. The molecule has 0 bridgehead atoms. The fourth-order valence-corrected chi connectivity index (χ4v) is 3.96. The standard InChI is InChI=1S/C30H27N3/c1-30(2,3)27-13-7-12-26(19-27)29-31-21-33(32-29)28-14-8-11-25(20-28)24-17-15-23(16-18-24)22-9-5-4-6-10-22/h4-21H,1-3H3. The molecule has 3 heteroatoms. The molecule has 0 aliphatic heterocycles. The minimum Gasteiger partial charge on any atom is -0.220 e. The van der Waals surface area contributed by atoms with Gasteiger partial charge in [-0.3, -0.25) is 0 Å². The molecule has 5 aromatic rings. The van der Waals surface area contributed by atoms with Gasteiger partial charge in [0.25, 0.3) is 0 Å². The molecule has 0 N–H and O–H groups in total. The molecule has 0 atom stereocenters. The zero-order valence-corrected chi connectivity index (χ0v) is 19.2. The number of aromatic nitrogens is 3. The Labute approximate surface area is 195 Å². The first-order valence-corrected chi connectivity index (χ1v) is 11.3. The number of hydrogen-bond donors (Lipinski definition) is 0. The van der Waals surface area contributed by atoms with Gasteiger partial charge in [-0.25, -0.2) is 9.67 Å². The van der Waals surface area contributed by atoms with Crippen molar-refractivity contribution in [2.75, 3.05) is 0 Å². The molecule has 0 fully saturated rings. The van der Waals surface area contributed by atoms with Gasteiger partial charge in [0.15, 0.2) is 5.82 Å². The first kappa shape index (κ1) is 20.9. The van der Waals surface area contributed by atoms with Crippen LogP contribution in [0.2, 0.25) is 0 Å². The van der Waals surface area contributed by atoms with Crippen molar-refractivity contribution >= 4 is 0 Å². The van der Waals surface area contributed by atoms with Crippen LogP contribution in [0, 0.1) is 0 Å². The number of benzene rings is 4. The predicted octanol–water partition coefficient (Wildman–Crippen LogP) is 7.57. The molecular formula is C30H27N3. The molecule has 0 aliphatic carbocycles. The van der Waals surface area contributed by atoms with E-state index in [-0.39, 0.29) is 5.41 Å². The number of hydrogen-bond acceptors (Lipinski definition) is 2. The lowest BCUT2D eigenvalue weighted by atomic mass is 9.86. The van der Waals surface area contributed by atoms with Crippen molar-refractivity contribution in [3.63, 3.8) is 0 Å². The average molecular weight is 430 g/mol. The molecule has 0 aliphatic rings. The maximum atomic E-state index is 4.77. The molecule has 0 amide bonds. The van der Waals surface area contributed by atoms with Crippen molar-refractivity contribution in [1.82, 2.24) is 14.8 Å². The van der Waals surface area contributed by atoms with E-state index in [4.69, 9.17) is 5.10 Å². The maximum Gasteiger partial charge on any atom is 0.181 e. The SMILES string of the molecule is CC(C)(C)c1cccc(-c2ncn(-c3cccc(-c4ccc(-c5ccccc5)cc4)c3)n2)c1. The summed E-state index contributed by atoms with van der Waals surface area (Å²) < 4.78 is 1.85. The summed E-state index contributed by atoms with van der Waals surface area (Å²) in [6, 6.07) is 36.0. The van der Waals surface area contributed by atoms with Crippen molar-refractivity contribution in [3.05, 3.63) is 115 Å². The van der Waals surface area contributed by atoms with Gasteiger partial charge in [-0.1, -0.05) is 106 Å². The summed E-state index contributed by atoms with van der Waals surface area (Å²) in [7, 11) is 0. The Morgan fingerprint density at radius 1 is 0.576 bits per heavy atom. The zero-order chi connectivity index (χ0) is 22.8. The van der Waals surface area contributed by atoms with Crippen LogP contribution in [0.15, 0.2) is 109 Å². The van der Waals surface area contributed by atoms with Crippen LogP contribution in [0.1, 0.15) is 26.3 Å². The molecule has 1 aromatic heterocycles. The van der Waals surface area contributed by atoms with Crippen LogP contribution in [-0.4, -0.2) is 14.8 Å². The normalized spacial score (nSPS) is 11.5. The molecule has 33 heavy (non-hydrogen) atoms. The van der Waals surface area contributed by atoms with Crippen LogP contribution in [0.4, 0.5) is 0 Å². The smallest absolute Gasteiger partial charge is 0.181 e. The second-order valence-electron chi connectivity index (χ2n) is 9.34. The van der Waals surface area contributed by atoms with Gasteiger partial charge in [0, 0.05) is 5.56 Å². The van der Waals surface area contributed by atoms with Crippen molar-refractivity contribution in [2.24, 2.45) is 0 Å². The summed E-state index contributed by atoms with van der Waals surface area (Å²) in [6.07, 6.45) is 1.79. The van der Waals surface area contributed by atoms with Crippen LogP contribution < -0.4 is 0 Å². The van der Waals surface area contributed by atoms with E-state index in [1.54, 1.807) is 6.33 Å². The Balaban J connectivity index is 1.42. The van der Waals surface area contributed by atoms with Crippen molar-refractivity contribution < 1.29 is 0 Å². The topological polar surface area (TPSA) is 30.7 Å². The van der Waals surface area contributed by atoms with E-state index in [1.165, 1.54) is 22.3 Å². The van der Waals surface area contributed by atoms with Gasteiger partial charge >= 0.3 is 0 Å². The van der Waals surface area contributed by atoms with E-state index in [9.17, 15) is 0 Å². The van der Waals surface area contributed by atoms with E-state index in [0.717, 1.165) is 22.6 Å². The first-order chi connectivity index (χ1) is 16.0. The van der Waals surface area contributed by atoms with Crippen molar-refractivity contribution in [3.8, 4) is 39.3 Å². The Morgan fingerprint density at radius 3 is 1.91 bits per heavy atom. The molecule has 0 radical (unpaired) electrons. The van der Waals surface area contributed by atoms with Gasteiger partial charge in [-0.2, -0.15) is 0 Å². The summed E-state index contributed by atoms with van der Waals surface area (Å²) in [6.45, 7) is 6.65. The molecule has 0 spiro atoms. The lowest BCUT2D eigenvalue weighted by Crippen LogP contribution is -2.10.